The van der Waals surface area contributed by atoms with Gasteiger partial charge < -0.3 is 9.64 Å². The minimum Gasteiger partial charge on any atom is -0.451 e. The summed E-state index contributed by atoms with van der Waals surface area (Å²) in [6, 6.07) is 7.89. The van der Waals surface area contributed by atoms with Crippen molar-refractivity contribution in [2.24, 2.45) is 0 Å². The molecule has 1 aromatic heterocycles. The van der Waals surface area contributed by atoms with Crippen molar-refractivity contribution in [1.82, 2.24) is 10.2 Å². The molecule has 3 rings (SSSR count). The smallest absolute Gasteiger partial charge is 0.172 e. The number of para-hydroxylation sites is 2. The van der Waals surface area contributed by atoms with Crippen LogP contribution in [0.5, 0.6) is 11.5 Å². The van der Waals surface area contributed by atoms with Gasteiger partial charge in [-0.2, -0.15) is 10.2 Å². The summed E-state index contributed by atoms with van der Waals surface area (Å²) in [6.07, 6.45) is 3.33. The number of fused-ring (bicyclic) bond motifs is 2. The molecule has 74 valence electrons. The number of hydrogen-bond acceptors (Lipinski definition) is 4. The maximum atomic E-state index is 5.70. The molecule has 0 N–H and O–H groups in total. The average molecular weight is 199 g/mol. The van der Waals surface area contributed by atoms with Crippen LogP contribution in [0, 0.1) is 0 Å². The largest absolute Gasteiger partial charge is 0.451 e. The fourth-order valence-electron chi connectivity index (χ4n) is 1.70. The molecular weight excluding hydrogens is 190 g/mol. The monoisotopic (exact) mass is 199 g/mol. The summed E-state index contributed by atoms with van der Waals surface area (Å²) < 4.78 is 5.70. The van der Waals surface area contributed by atoms with Gasteiger partial charge in [-0.25, -0.2) is 0 Å². The molecule has 4 heteroatoms. The van der Waals surface area contributed by atoms with Gasteiger partial charge in [-0.05, 0) is 12.1 Å². The Labute approximate surface area is 87.1 Å². The van der Waals surface area contributed by atoms with Crippen LogP contribution < -0.4 is 9.64 Å². The molecule has 0 radical (unpaired) electrons. The molecule has 0 amide bonds. The van der Waals surface area contributed by atoms with E-state index in [9.17, 15) is 0 Å². The number of hydrogen-bond donors (Lipinski definition) is 0. The standard InChI is InChI=1S/C11H9N3O/c1-14-8-4-2-3-5-10(8)15-11-7-13-12-6-9(11)14/h2-7H,1H3. The molecule has 2 heterocycles. The topological polar surface area (TPSA) is 38.2 Å². The van der Waals surface area contributed by atoms with Crippen molar-refractivity contribution >= 4 is 11.4 Å². The SMILES string of the molecule is CN1c2ccccc2Oc2cnncc21. The maximum Gasteiger partial charge on any atom is 0.172 e. The highest BCUT2D eigenvalue weighted by Gasteiger charge is 2.20. The normalized spacial score (nSPS) is 12.7. The van der Waals surface area contributed by atoms with E-state index in [0.29, 0.717) is 0 Å². The molecular formula is C11H9N3O. The van der Waals surface area contributed by atoms with Gasteiger partial charge in [-0.3, -0.25) is 0 Å². The van der Waals surface area contributed by atoms with Crippen LogP contribution >= 0.6 is 0 Å². The highest BCUT2D eigenvalue weighted by Crippen LogP contribution is 2.44. The van der Waals surface area contributed by atoms with Crippen LogP contribution in [0.1, 0.15) is 0 Å². The van der Waals surface area contributed by atoms with Crippen LogP contribution in [0.2, 0.25) is 0 Å². The van der Waals surface area contributed by atoms with E-state index in [-0.39, 0.29) is 0 Å². The van der Waals surface area contributed by atoms with E-state index in [2.05, 4.69) is 10.2 Å². The number of rotatable bonds is 0. The zero-order valence-electron chi connectivity index (χ0n) is 8.21. The first-order valence-corrected chi connectivity index (χ1v) is 4.67. The second kappa shape index (κ2) is 2.95. The second-order valence-corrected chi connectivity index (χ2v) is 3.37. The van der Waals surface area contributed by atoms with Gasteiger partial charge in [-0.15, -0.1) is 0 Å². The predicted octanol–water partition coefficient (Wildman–Crippen LogP) is 2.35. The van der Waals surface area contributed by atoms with E-state index in [0.717, 1.165) is 22.9 Å². The summed E-state index contributed by atoms with van der Waals surface area (Å²) in [4.78, 5) is 2.04. The van der Waals surface area contributed by atoms with Gasteiger partial charge in [0.15, 0.2) is 11.5 Å². The predicted molar refractivity (Wildman–Crippen MR) is 56.6 cm³/mol. The minimum atomic E-state index is 0.742. The van der Waals surface area contributed by atoms with Crippen LogP contribution in [-0.4, -0.2) is 17.2 Å². The van der Waals surface area contributed by atoms with E-state index in [1.807, 2.05) is 36.2 Å². The van der Waals surface area contributed by atoms with Gasteiger partial charge >= 0.3 is 0 Å². The van der Waals surface area contributed by atoms with Crippen molar-refractivity contribution in [2.75, 3.05) is 11.9 Å². The van der Waals surface area contributed by atoms with E-state index < -0.39 is 0 Å². The molecule has 15 heavy (non-hydrogen) atoms. The number of anilines is 2. The van der Waals surface area contributed by atoms with E-state index in [1.54, 1.807) is 12.4 Å². The Morgan fingerprint density at radius 3 is 2.73 bits per heavy atom. The molecule has 1 aromatic carbocycles. The lowest BCUT2D eigenvalue weighted by Gasteiger charge is -2.28. The third-order valence-electron chi connectivity index (χ3n) is 2.48. The van der Waals surface area contributed by atoms with Gasteiger partial charge in [0.25, 0.3) is 0 Å². The number of nitrogens with zero attached hydrogens (tertiary/aromatic N) is 3. The van der Waals surface area contributed by atoms with Crippen LogP contribution in [0.25, 0.3) is 0 Å². The van der Waals surface area contributed by atoms with E-state index in [4.69, 9.17) is 4.74 Å². The number of ether oxygens (including phenoxy) is 1. The molecule has 0 unspecified atom stereocenters. The van der Waals surface area contributed by atoms with Crippen LogP contribution in [0.15, 0.2) is 36.7 Å². The Morgan fingerprint density at radius 2 is 1.80 bits per heavy atom. The van der Waals surface area contributed by atoms with Gasteiger partial charge in [0.05, 0.1) is 18.1 Å². The van der Waals surface area contributed by atoms with Gasteiger partial charge in [0.1, 0.15) is 5.69 Å². The third kappa shape index (κ3) is 1.15. The summed E-state index contributed by atoms with van der Waals surface area (Å²) in [6.45, 7) is 0. The van der Waals surface area contributed by atoms with Crippen LogP contribution in [0.4, 0.5) is 11.4 Å². The fourth-order valence-corrected chi connectivity index (χ4v) is 1.70. The lowest BCUT2D eigenvalue weighted by molar-refractivity contribution is 0.471. The third-order valence-corrected chi connectivity index (χ3v) is 2.48. The first kappa shape index (κ1) is 8.23. The molecule has 1 aliphatic heterocycles. The highest BCUT2D eigenvalue weighted by atomic mass is 16.5. The molecule has 2 aromatic rings. The Balaban J connectivity index is 2.20. The number of aromatic nitrogens is 2. The Hall–Kier alpha value is -2.10. The lowest BCUT2D eigenvalue weighted by atomic mass is 10.2. The van der Waals surface area contributed by atoms with Crippen LogP contribution in [-0.2, 0) is 0 Å². The molecule has 0 bridgehead atoms. The highest BCUT2D eigenvalue weighted by molar-refractivity contribution is 5.76. The Kier molecular flexibility index (Phi) is 1.62. The van der Waals surface area contributed by atoms with Gasteiger partial charge in [-0.1, -0.05) is 12.1 Å². The summed E-state index contributed by atoms with van der Waals surface area (Å²) in [7, 11) is 1.99. The van der Waals surface area contributed by atoms with Crippen molar-refractivity contribution in [3.05, 3.63) is 36.7 Å². The fraction of sp³-hybridized carbons (Fsp3) is 0.0909. The van der Waals surface area contributed by atoms with Crippen molar-refractivity contribution in [3.8, 4) is 11.5 Å². The zero-order chi connectivity index (χ0) is 10.3. The molecule has 0 fully saturated rings. The first-order valence-electron chi connectivity index (χ1n) is 4.67. The average Bonchev–Trinajstić information content (AvgIpc) is 2.30. The molecule has 0 aliphatic carbocycles. The Bertz CT molecular complexity index is 467. The molecule has 4 nitrogen and oxygen atoms in total. The summed E-state index contributed by atoms with van der Waals surface area (Å²) in [5.74, 6) is 1.59. The van der Waals surface area contributed by atoms with Gasteiger partial charge in [0.2, 0.25) is 0 Å². The summed E-state index contributed by atoms with van der Waals surface area (Å²) in [5, 5.41) is 7.65. The van der Waals surface area contributed by atoms with Gasteiger partial charge in [0, 0.05) is 7.05 Å². The van der Waals surface area contributed by atoms with Crippen molar-refractivity contribution in [1.29, 1.82) is 0 Å². The van der Waals surface area contributed by atoms with E-state index in [1.165, 1.54) is 0 Å². The second-order valence-electron chi connectivity index (χ2n) is 3.37. The molecule has 0 saturated carbocycles. The minimum absolute atomic E-state index is 0.742. The van der Waals surface area contributed by atoms with Crippen molar-refractivity contribution in [2.45, 2.75) is 0 Å². The zero-order valence-corrected chi connectivity index (χ0v) is 8.21. The van der Waals surface area contributed by atoms with Crippen molar-refractivity contribution in [3.63, 3.8) is 0 Å². The summed E-state index contributed by atoms with van der Waals surface area (Å²) in [5.41, 5.74) is 1.97. The van der Waals surface area contributed by atoms with E-state index >= 15 is 0 Å². The summed E-state index contributed by atoms with van der Waals surface area (Å²) >= 11 is 0. The molecule has 1 aliphatic rings. The maximum absolute atomic E-state index is 5.70. The molecule has 0 spiro atoms. The van der Waals surface area contributed by atoms with Crippen LogP contribution in [0.3, 0.4) is 0 Å². The lowest BCUT2D eigenvalue weighted by Crippen LogP contribution is -2.15. The molecule has 0 saturated heterocycles. The first-order chi connectivity index (χ1) is 7.36. The Morgan fingerprint density at radius 1 is 1.00 bits per heavy atom. The quantitative estimate of drug-likeness (QED) is 0.652. The number of benzene rings is 1. The van der Waals surface area contributed by atoms with Crippen molar-refractivity contribution < 1.29 is 4.74 Å². The molecule has 0 atom stereocenters.